The highest BCUT2D eigenvalue weighted by Gasteiger charge is 2.36. The second kappa shape index (κ2) is 3.81. The van der Waals surface area contributed by atoms with Gasteiger partial charge in [0.2, 0.25) is 0 Å². The Kier molecular flexibility index (Phi) is 2.65. The summed E-state index contributed by atoms with van der Waals surface area (Å²) in [5.74, 6) is -0.327. The lowest BCUT2D eigenvalue weighted by atomic mass is 10.1. The summed E-state index contributed by atoms with van der Waals surface area (Å²) in [4.78, 5) is 0. The van der Waals surface area contributed by atoms with Crippen molar-refractivity contribution in [2.75, 3.05) is 12.3 Å². The van der Waals surface area contributed by atoms with Crippen molar-refractivity contribution >= 4 is 5.69 Å². The fraction of sp³-hybridized carbons (Fsp3) is 0.500. The van der Waals surface area contributed by atoms with E-state index in [9.17, 15) is 4.39 Å². The molecule has 0 aromatic heterocycles. The zero-order valence-corrected chi connectivity index (χ0v) is 9.02. The van der Waals surface area contributed by atoms with Gasteiger partial charge in [-0.05, 0) is 29.9 Å². The van der Waals surface area contributed by atoms with Gasteiger partial charge < -0.3 is 11.1 Å². The van der Waals surface area contributed by atoms with Crippen LogP contribution in [0.25, 0.3) is 0 Å². The zero-order chi connectivity index (χ0) is 10.9. The standard InChI is InChI=1S/C12H17FN2/c1-12(5-6-12)8-15-7-9-3-2-4-10(13)11(9)14/h2-4,15H,5-8,14H2,1H3. The molecule has 3 heteroatoms. The van der Waals surface area contributed by atoms with Crippen LogP contribution in [0.2, 0.25) is 0 Å². The summed E-state index contributed by atoms with van der Waals surface area (Å²) in [6.45, 7) is 3.90. The highest BCUT2D eigenvalue weighted by Crippen LogP contribution is 2.44. The summed E-state index contributed by atoms with van der Waals surface area (Å²) in [5.41, 5.74) is 7.22. The van der Waals surface area contributed by atoms with E-state index in [0.717, 1.165) is 12.1 Å². The Bertz CT molecular complexity index is 359. The van der Waals surface area contributed by atoms with Crippen LogP contribution in [0.4, 0.5) is 10.1 Å². The Hall–Kier alpha value is -1.09. The van der Waals surface area contributed by atoms with Crippen molar-refractivity contribution in [3.05, 3.63) is 29.6 Å². The molecular weight excluding hydrogens is 191 g/mol. The van der Waals surface area contributed by atoms with Gasteiger partial charge in [0.15, 0.2) is 0 Å². The Balaban J connectivity index is 1.90. The average molecular weight is 208 g/mol. The molecule has 2 nitrogen and oxygen atoms in total. The molecule has 1 fully saturated rings. The van der Waals surface area contributed by atoms with Crippen LogP contribution in [0.3, 0.4) is 0 Å². The largest absolute Gasteiger partial charge is 0.396 e. The van der Waals surface area contributed by atoms with Gasteiger partial charge >= 0.3 is 0 Å². The molecule has 2 rings (SSSR count). The van der Waals surface area contributed by atoms with Crippen molar-refractivity contribution in [2.24, 2.45) is 5.41 Å². The number of rotatable bonds is 4. The quantitative estimate of drug-likeness (QED) is 0.745. The third-order valence-corrected chi connectivity index (χ3v) is 3.11. The summed E-state index contributed by atoms with van der Waals surface area (Å²) < 4.78 is 13.1. The molecule has 0 spiro atoms. The summed E-state index contributed by atoms with van der Waals surface area (Å²) in [6.07, 6.45) is 2.58. The molecule has 1 aromatic carbocycles. The molecule has 0 saturated heterocycles. The summed E-state index contributed by atoms with van der Waals surface area (Å²) in [5, 5.41) is 3.33. The van der Waals surface area contributed by atoms with E-state index in [-0.39, 0.29) is 11.5 Å². The molecule has 1 saturated carbocycles. The molecular formula is C12H17FN2. The van der Waals surface area contributed by atoms with Gasteiger partial charge in [-0.25, -0.2) is 4.39 Å². The van der Waals surface area contributed by atoms with E-state index in [0.29, 0.717) is 12.0 Å². The summed E-state index contributed by atoms with van der Waals surface area (Å²) in [6, 6.07) is 4.95. The smallest absolute Gasteiger partial charge is 0.146 e. The van der Waals surface area contributed by atoms with Crippen LogP contribution >= 0.6 is 0 Å². The minimum atomic E-state index is -0.327. The molecule has 0 radical (unpaired) electrons. The highest BCUT2D eigenvalue weighted by molar-refractivity contribution is 5.47. The number of nitrogens with two attached hydrogens (primary N) is 1. The van der Waals surface area contributed by atoms with Crippen LogP contribution in [-0.4, -0.2) is 6.54 Å². The van der Waals surface area contributed by atoms with Gasteiger partial charge in [-0.1, -0.05) is 19.1 Å². The normalized spacial score (nSPS) is 17.7. The molecule has 0 amide bonds. The van der Waals surface area contributed by atoms with Gasteiger partial charge in [0.25, 0.3) is 0 Å². The number of hydrogen-bond acceptors (Lipinski definition) is 2. The minimum Gasteiger partial charge on any atom is -0.396 e. The fourth-order valence-corrected chi connectivity index (χ4v) is 1.62. The molecule has 15 heavy (non-hydrogen) atoms. The molecule has 1 aromatic rings. The maximum Gasteiger partial charge on any atom is 0.146 e. The second-order valence-electron chi connectivity index (χ2n) is 4.73. The van der Waals surface area contributed by atoms with E-state index < -0.39 is 0 Å². The first kappa shape index (κ1) is 10.4. The monoisotopic (exact) mass is 208 g/mol. The van der Waals surface area contributed by atoms with Gasteiger partial charge in [-0.3, -0.25) is 0 Å². The number of benzene rings is 1. The van der Waals surface area contributed by atoms with Gasteiger partial charge in [-0.15, -0.1) is 0 Å². The van der Waals surface area contributed by atoms with Crippen molar-refractivity contribution in [3.63, 3.8) is 0 Å². The summed E-state index contributed by atoms with van der Waals surface area (Å²) >= 11 is 0. The highest BCUT2D eigenvalue weighted by atomic mass is 19.1. The zero-order valence-electron chi connectivity index (χ0n) is 9.02. The predicted octanol–water partition coefficient (Wildman–Crippen LogP) is 2.30. The fourth-order valence-electron chi connectivity index (χ4n) is 1.62. The number of nitrogen functional groups attached to an aromatic ring is 1. The van der Waals surface area contributed by atoms with E-state index in [2.05, 4.69) is 12.2 Å². The molecule has 0 aliphatic heterocycles. The Morgan fingerprint density at radius 2 is 2.20 bits per heavy atom. The van der Waals surface area contributed by atoms with Crippen molar-refractivity contribution in [1.82, 2.24) is 5.32 Å². The van der Waals surface area contributed by atoms with E-state index in [1.54, 1.807) is 6.07 Å². The Morgan fingerprint density at radius 1 is 1.47 bits per heavy atom. The average Bonchev–Trinajstić information content (AvgIpc) is 2.92. The Morgan fingerprint density at radius 3 is 2.87 bits per heavy atom. The summed E-state index contributed by atoms with van der Waals surface area (Å²) in [7, 11) is 0. The topological polar surface area (TPSA) is 38.0 Å². The van der Waals surface area contributed by atoms with Gasteiger partial charge in [0.1, 0.15) is 5.82 Å². The molecule has 0 heterocycles. The van der Waals surface area contributed by atoms with Gasteiger partial charge in [0.05, 0.1) is 5.69 Å². The SMILES string of the molecule is CC1(CNCc2cccc(F)c2N)CC1. The number of para-hydroxylation sites is 1. The number of nitrogens with one attached hydrogen (secondary N) is 1. The van der Waals surface area contributed by atoms with Crippen molar-refractivity contribution in [2.45, 2.75) is 26.3 Å². The molecule has 1 aliphatic carbocycles. The van der Waals surface area contributed by atoms with Crippen molar-refractivity contribution in [1.29, 1.82) is 0 Å². The van der Waals surface area contributed by atoms with Crippen LogP contribution in [0.1, 0.15) is 25.3 Å². The van der Waals surface area contributed by atoms with Crippen molar-refractivity contribution < 1.29 is 4.39 Å². The maximum atomic E-state index is 13.1. The lowest BCUT2D eigenvalue weighted by Gasteiger charge is -2.11. The number of anilines is 1. The third kappa shape index (κ3) is 2.48. The predicted molar refractivity (Wildman–Crippen MR) is 59.9 cm³/mol. The van der Waals surface area contributed by atoms with Crippen molar-refractivity contribution in [3.8, 4) is 0 Å². The maximum absolute atomic E-state index is 13.1. The first-order chi connectivity index (χ1) is 7.11. The van der Waals surface area contributed by atoms with E-state index in [1.807, 2.05) is 6.07 Å². The lowest BCUT2D eigenvalue weighted by Crippen LogP contribution is -2.22. The molecule has 3 N–H and O–H groups in total. The first-order valence-corrected chi connectivity index (χ1v) is 5.34. The van der Waals surface area contributed by atoms with E-state index >= 15 is 0 Å². The first-order valence-electron chi connectivity index (χ1n) is 5.34. The van der Waals surface area contributed by atoms with Gasteiger partial charge in [-0.2, -0.15) is 0 Å². The lowest BCUT2D eigenvalue weighted by molar-refractivity contribution is 0.499. The van der Waals surface area contributed by atoms with E-state index in [4.69, 9.17) is 5.73 Å². The molecule has 0 unspecified atom stereocenters. The van der Waals surface area contributed by atoms with Crippen LogP contribution in [0.15, 0.2) is 18.2 Å². The van der Waals surface area contributed by atoms with Gasteiger partial charge in [0, 0.05) is 13.1 Å². The second-order valence-corrected chi connectivity index (χ2v) is 4.73. The molecule has 0 bridgehead atoms. The van der Waals surface area contributed by atoms with E-state index in [1.165, 1.54) is 18.9 Å². The molecule has 0 atom stereocenters. The third-order valence-electron chi connectivity index (χ3n) is 3.11. The number of hydrogen-bond donors (Lipinski definition) is 2. The molecule has 82 valence electrons. The Labute approximate surface area is 89.7 Å². The minimum absolute atomic E-state index is 0.269. The van der Waals surface area contributed by atoms with Crippen LogP contribution in [-0.2, 0) is 6.54 Å². The molecule has 1 aliphatic rings. The number of halogens is 1. The van der Waals surface area contributed by atoms with Crippen LogP contribution < -0.4 is 11.1 Å². The van der Waals surface area contributed by atoms with Crippen LogP contribution in [0.5, 0.6) is 0 Å². The van der Waals surface area contributed by atoms with Crippen LogP contribution in [0, 0.1) is 11.2 Å².